The van der Waals surface area contributed by atoms with Crippen LogP contribution in [0.2, 0.25) is 0 Å². The Morgan fingerprint density at radius 3 is 2.91 bits per heavy atom. The molecule has 1 heterocycles. The first kappa shape index (κ1) is 15.0. The van der Waals surface area contributed by atoms with Gasteiger partial charge in [-0.25, -0.2) is 4.98 Å². The number of benzene rings is 2. The van der Waals surface area contributed by atoms with Crippen molar-refractivity contribution in [2.45, 2.75) is 13.2 Å². The van der Waals surface area contributed by atoms with Crippen LogP contribution in [-0.2, 0) is 6.54 Å². The number of amides is 1. The largest absolute Gasteiger partial charge is 0.434 e. The van der Waals surface area contributed by atoms with Gasteiger partial charge in [-0.1, -0.05) is 18.2 Å². The number of fused-ring (bicyclic) bond motifs is 1. The van der Waals surface area contributed by atoms with E-state index in [0.717, 1.165) is 11.0 Å². The van der Waals surface area contributed by atoms with Crippen LogP contribution in [0, 0.1) is 0 Å². The number of aromatic nitrogens is 2. The van der Waals surface area contributed by atoms with Gasteiger partial charge in [0, 0.05) is 17.7 Å². The Labute approximate surface area is 130 Å². The zero-order chi connectivity index (χ0) is 16.2. The molecule has 3 rings (SSSR count). The normalized spacial score (nSPS) is 10.9. The number of nitrogens with one attached hydrogen (secondary N) is 2. The van der Waals surface area contributed by atoms with Crippen LogP contribution in [0.1, 0.15) is 15.9 Å². The van der Waals surface area contributed by atoms with E-state index in [1.54, 1.807) is 42.7 Å². The lowest BCUT2D eigenvalue weighted by atomic mass is 10.1. The van der Waals surface area contributed by atoms with Gasteiger partial charge in [-0.3, -0.25) is 4.79 Å². The molecule has 0 aliphatic heterocycles. The van der Waals surface area contributed by atoms with E-state index >= 15 is 0 Å². The Kier molecular flexibility index (Phi) is 4.18. The summed E-state index contributed by atoms with van der Waals surface area (Å²) in [6, 6.07) is 11.4. The van der Waals surface area contributed by atoms with Gasteiger partial charge in [0.15, 0.2) is 0 Å². The van der Waals surface area contributed by atoms with Gasteiger partial charge in [0.25, 0.3) is 5.91 Å². The summed E-state index contributed by atoms with van der Waals surface area (Å²) in [6.45, 7) is -2.82. The fourth-order valence-corrected chi connectivity index (χ4v) is 2.22. The summed E-state index contributed by atoms with van der Waals surface area (Å²) in [5.74, 6) is -0.264. The highest BCUT2D eigenvalue weighted by Gasteiger charge is 2.11. The van der Waals surface area contributed by atoms with Gasteiger partial charge in [-0.05, 0) is 24.3 Å². The smallest absolute Gasteiger partial charge is 0.387 e. The van der Waals surface area contributed by atoms with Gasteiger partial charge >= 0.3 is 6.61 Å². The van der Waals surface area contributed by atoms with E-state index in [-0.39, 0.29) is 18.2 Å². The maximum absolute atomic E-state index is 12.4. The van der Waals surface area contributed by atoms with E-state index < -0.39 is 6.61 Å². The minimum Gasteiger partial charge on any atom is -0.434 e. The molecule has 23 heavy (non-hydrogen) atoms. The molecule has 7 heteroatoms. The number of imidazole rings is 1. The molecule has 3 aromatic rings. The van der Waals surface area contributed by atoms with Crippen LogP contribution >= 0.6 is 0 Å². The molecule has 0 saturated carbocycles. The van der Waals surface area contributed by atoms with Gasteiger partial charge in [0.05, 0.1) is 17.4 Å². The zero-order valence-electron chi connectivity index (χ0n) is 11.9. The molecular weight excluding hydrogens is 304 g/mol. The summed E-state index contributed by atoms with van der Waals surface area (Å²) in [7, 11) is 0. The van der Waals surface area contributed by atoms with Crippen molar-refractivity contribution < 1.29 is 18.3 Å². The number of hydrogen-bond donors (Lipinski definition) is 2. The van der Waals surface area contributed by atoms with Gasteiger partial charge in [-0.15, -0.1) is 0 Å². The number of carbonyl (C=O) groups excluding carboxylic acids is 1. The summed E-state index contributed by atoms with van der Waals surface area (Å²) < 4.78 is 29.2. The van der Waals surface area contributed by atoms with Crippen molar-refractivity contribution in [1.29, 1.82) is 0 Å². The number of carbonyl (C=O) groups is 1. The van der Waals surface area contributed by atoms with Crippen LogP contribution < -0.4 is 10.1 Å². The topological polar surface area (TPSA) is 67.0 Å². The third-order valence-corrected chi connectivity index (χ3v) is 3.31. The second-order valence-corrected chi connectivity index (χ2v) is 4.80. The first-order chi connectivity index (χ1) is 11.1. The number of halogens is 2. The first-order valence-corrected chi connectivity index (χ1v) is 6.87. The molecule has 2 aromatic carbocycles. The van der Waals surface area contributed by atoms with Crippen LogP contribution in [0.15, 0.2) is 48.8 Å². The Hall–Kier alpha value is -2.96. The Bertz CT molecular complexity index is 833. The van der Waals surface area contributed by atoms with Crippen molar-refractivity contribution in [2.75, 3.05) is 0 Å². The second-order valence-electron chi connectivity index (χ2n) is 4.80. The number of hydrogen-bond acceptors (Lipinski definition) is 3. The molecule has 0 bridgehead atoms. The van der Waals surface area contributed by atoms with Crippen molar-refractivity contribution >= 4 is 16.9 Å². The third-order valence-electron chi connectivity index (χ3n) is 3.31. The molecule has 0 spiro atoms. The van der Waals surface area contributed by atoms with Gasteiger partial charge in [0.2, 0.25) is 0 Å². The van der Waals surface area contributed by atoms with Crippen molar-refractivity contribution in [2.24, 2.45) is 0 Å². The summed E-state index contributed by atoms with van der Waals surface area (Å²) in [6.07, 6.45) is 1.55. The van der Waals surface area contributed by atoms with Crippen molar-refractivity contribution in [3.8, 4) is 5.75 Å². The average Bonchev–Trinajstić information content (AvgIpc) is 3.00. The quantitative estimate of drug-likeness (QED) is 0.760. The van der Waals surface area contributed by atoms with Crippen LogP contribution in [0.4, 0.5) is 8.78 Å². The fraction of sp³-hybridized carbons (Fsp3) is 0.125. The molecule has 5 nitrogen and oxygen atoms in total. The molecular formula is C16H13F2N3O2. The van der Waals surface area contributed by atoms with E-state index in [9.17, 15) is 13.6 Å². The highest BCUT2D eigenvalue weighted by Crippen LogP contribution is 2.20. The lowest BCUT2D eigenvalue weighted by Crippen LogP contribution is -2.23. The molecule has 0 aliphatic carbocycles. The number of rotatable bonds is 5. The van der Waals surface area contributed by atoms with E-state index in [1.165, 1.54) is 6.07 Å². The lowest BCUT2D eigenvalue weighted by Gasteiger charge is -2.11. The zero-order valence-corrected chi connectivity index (χ0v) is 11.9. The van der Waals surface area contributed by atoms with Crippen LogP contribution in [-0.4, -0.2) is 22.5 Å². The highest BCUT2D eigenvalue weighted by atomic mass is 19.3. The first-order valence-electron chi connectivity index (χ1n) is 6.87. The minimum absolute atomic E-state index is 0.0480. The molecule has 1 amide bonds. The molecule has 2 N–H and O–H groups in total. The van der Waals surface area contributed by atoms with Crippen molar-refractivity contribution in [3.05, 3.63) is 59.9 Å². The highest BCUT2D eigenvalue weighted by molar-refractivity contribution is 5.97. The standard InChI is InChI=1S/C16H13F2N3O2/c17-16(18)23-14-4-2-1-3-11(14)8-19-15(22)10-5-6-12-13(7-10)21-9-20-12/h1-7,9,16H,8H2,(H,19,22)(H,20,21). The number of H-pyrrole nitrogens is 1. The van der Waals surface area contributed by atoms with Crippen LogP contribution in [0.5, 0.6) is 5.75 Å². The number of alkyl halides is 2. The third kappa shape index (κ3) is 3.45. The van der Waals surface area contributed by atoms with E-state index in [4.69, 9.17) is 0 Å². The fourth-order valence-electron chi connectivity index (χ4n) is 2.22. The SMILES string of the molecule is O=C(NCc1ccccc1OC(F)F)c1ccc2nc[nH]c2c1. The Balaban J connectivity index is 1.71. The number of para-hydroxylation sites is 1. The molecule has 0 aliphatic rings. The summed E-state index contributed by atoms with van der Waals surface area (Å²) in [5.41, 5.74) is 2.44. The van der Waals surface area contributed by atoms with Crippen molar-refractivity contribution in [1.82, 2.24) is 15.3 Å². The van der Waals surface area contributed by atoms with E-state index in [0.29, 0.717) is 11.1 Å². The molecule has 118 valence electrons. The van der Waals surface area contributed by atoms with E-state index in [2.05, 4.69) is 20.0 Å². The minimum atomic E-state index is -2.91. The van der Waals surface area contributed by atoms with Gasteiger partial charge < -0.3 is 15.0 Å². The average molecular weight is 317 g/mol. The lowest BCUT2D eigenvalue weighted by molar-refractivity contribution is -0.0504. The maximum Gasteiger partial charge on any atom is 0.387 e. The van der Waals surface area contributed by atoms with Crippen LogP contribution in [0.25, 0.3) is 11.0 Å². The monoisotopic (exact) mass is 317 g/mol. The van der Waals surface area contributed by atoms with Crippen molar-refractivity contribution in [3.63, 3.8) is 0 Å². The molecule has 0 atom stereocenters. The molecule has 0 saturated heterocycles. The molecule has 0 unspecified atom stereocenters. The molecule has 0 fully saturated rings. The predicted octanol–water partition coefficient (Wildman–Crippen LogP) is 3.09. The van der Waals surface area contributed by atoms with E-state index in [1.807, 2.05) is 0 Å². The molecule has 0 radical (unpaired) electrons. The Morgan fingerprint density at radius 2 is 2.09 bits per heavy atom. The summed E-state index contributed by atoms with van der Waals surface area (Å²) >= 11 is 0. The number of nitrogens with zero attached hydrogens (tertiary/aromatic N) is 1. The molecule has 1 aromatic heterocycles. The maximum atomic E-state index is 12.4. The number of ether oxygens (including phenoxy) is 1. The van der Waals surface area contributed by atoms with Crippen LogP contribution in [0.3, 0.4) is 0 Å². The number of aromatic amines is 1. The Morgan fingerprint density at radius 1 is 1.26 bits per heavy atom. The van der Waals surface area contributed by atoms with Gasteiger partial charge in [0.1, 0.15) is 5.75 Å². The summed E-state index contributed by atoms with van der Waals surface area (Å²) in [5, 5.41) is 2.69. The summed E-state index contributed by atoms with van der Waals surface area (Å²) in [4.78, 5) is 19.2. The predicted molar refractivity (Wildman–Crippen MR) is 80.3 cm³/mol. The van der Waals surface area contributed by atoms with Gasteiger partial charge in [-0.2, -0.15) is 8.78 Å². The second kappa shape index (κ2) is 6.43.